The van der Waals surface area contributed by atoms with Crippen LogP contribution in [0.25, 0.3) is 0 Å². The average molecular weight is 525 g/mol. The molecule has 0 saturated carbocycles. The van der Waals surface area contributed by atoms with Crippen LogP contribution in [-0.4, -0.2) is 45.1 Å². The van der Waals surface area contributed by atoms with Crippen LogP contribution in [0.3, 0.4) is 0 Å². The molecular weight excluding hydrogens is 493 g/mol. The zero-order chi connectivity index (χ0) is 27.3. The van der Waals surface area contributed by atoms with Gasteiger partial charge in [0.25, 0.3) is 0 Å². The molecule has 6 nitrogen and oxygen atoms in total. The molecule has 4 rings (SSSR count). The SMILES string of the molecule is C[C@H](C[C@@H]1CC[C@H]([C@@H](C)C(=O)N(C)Cc2ccccc2)O1)n1cc(C#Cc2ccc(C(F)(F)F)cc2)nn1. The predicted molar refractivity (Wildman–Crippen MR) is 137 cm³/mol. The first-order valence-corrected chi connectivity index (χ1v) is 12.7. The minimum atomic E-state index is -4.37. The number of rotatable bonds is 7. The van der Waals surface area contributed by atoms with Crippen molar-refractivity contribution in [2.75, 3.05) is 7.05 Å². The molecule has 1 aliphatic rings. The van der Waals surface area contributed by atoms with E-state index in [2.05, 4.69) is 22.2 Å². The van der Waals surface area contributed by atoms with E-state index in [9.17, 15) is 18.0 Å². The van der Waals surface area contributed by atoms with Crippen LogP contribution in [0.1, 0.15) is 61.5 Å². The van der Waals surface area contributed by atoms with Crippen LogP contribution in [0.5, 0.6) is 0 Å². The quantitative estimate of drug-likeness (QED) is 0.384. The maximum Gasteiger partial charge on any atom is 0.416 e. The number of aromatic nitrogens is 3. The molecule has 0 bridgehead atoms. The van der Waals surface area contributed by atoms with Gasteiger partial charge in [-0.2, -0.15) is 13.2 Å². The molecule has 1 aromatic heterocycles. The molecule has 3 aromatic rings. The van der Waals surface area contributed by atoms with Crippen molar-refractivity contribution >= 4 is 5.91 Å². The molecule has 2 heterocycles. The summed E-state index contributed by atoms with van der Waals surface area (Å²) in [7, 11) is 1.82. The average Bonchev–Trinajstić information content (AvgIpc) is 3.57. The number of carbonyl (C=O) groups excluding carboxylic acids is 1. The van der Waals surface area contributed by atoms with Crippen LogP contribution in [0.15, 0.2) is 60.8 Å². The van der Waals surface area contributed by atoms with Gasteiger partial charge in [0, 0.05) is 19.2 Å². The van der Waals surface area contributed by atoms with Crippen molar-refractivity contribution in [3.8, 4) is 11.8 Å². The Morgan fingerprint density at radius 2 is 1.82 bits per heavy atom. The first-order chi connectivity index (χ1) is 18.1. The summed E-state index contributed by atoms with van der Waals surface area (Å²) in [5.41, 5.74) is 1.27. The maximum absolute atomic E-state index is 13.0. The number of hydrogen-bond acceptors (Lipinski definition) is 4. The molecule has 1 fully saturated rings. The van der Waals surface area contributed by atoms with E-state index in [0.29, 0.717) is 24.2 Å². The van der Waals surface area contributed by atoms with Crippen molar-refractivity contribution in [3.63, 3.8) is 0 Å². The summed E-state index contributed by atoms with van der Waals surface area (Å²) in [6.45, 7) is 4.51. The van der Waals surface area contributed by atoms with Crippen molar-refractivity contribution in [1.29, 1.82) is 0 Å². The van der Waals surface area contributed by atoms with Crippen LogP contribution in [0.4, 0.5) is 13.2 Å². The number of hydrogen-bond donors (Lipinski definition) is 0. The van der Waals surface area contributed by atoms with Gasteiger partial charge in [0.05, 0.1) is 35.9 Å². The molecular formula is C29H31F3N4O2. The third-order valence-electron chi connectivity index (χ3n) is 6.84. The van der Waals surface area contributed by atoms with Crippen LogP contribution in [-0.2, 0) is 22.3 Å². The van der Waals surface area contributed by atoms with Crippen molar-refractivity contribution in [1.82, 2.24) is 19.9 Å². The van der Waals surface area contributed by atoms with Gasteiger partial charge < -0.3 is 9.64 Å². The largest absolute Gasteiger partial charge is 0.416 e. The highest BCUT2D eigenvalue weighted by atomic mass is 19.4. The smallest absolute Gasteiger partial charge is 0.374 e. The highest BCUT2D eigenvalue weighted by Gasteiger charge is 2.35. The summed E-state index contributed by atoms with van der Waals surface area (Å²) in [6, 6.07) is 14.6. The van der Waals surface area contributed by atoms with Crippen molar-refractivity contribution in [2.24, 2.45) is 5.92 Å². The van der Waals surface area contributed by atoms with Gasteiger partial charge in [0.1, 0.15) is 0 Å². The lowest BCUT2D eigenvalue weighted by Crippen LogP contribution is -2.37. The first-order valence-electron chi connectivity index (χ1n) is 12.7. The fourth-order valence-electron chi connectivity index (χ4n) is 4.63. The molecule has 0 spiro atoms. The van der Waals surface area contributed by atoms with E-state index < -0.39 is 11.7 Å². The van der Waals surface area contributed by atoms with Gasteiger partial charge in [-0.15, -0.1) is 5.10 Å². The number of halogens is 3. The molecule has 0 aliphatic carbocycles. The van der Waals surface area contributed by atoms with Gasteiger partial charge in [0.2, 0.25) is 5.91 Å². The number of carbonyl (C=O) groups is 1. The Kier molecular flexibility index (Phi) is 8.52. The zero-order valence-corrected chi connectivity index (χ0v) is 21.7. The van der Waals surface area contributed by atoms with Gasteiger partial charge in [0.15, 0.2) is 5.69 Å². The molecule has 9 heteroatoms. The number of amides is 1. The summed E-state index contributed by atoms with van der Waals surface area (Å²) >= 11 is 0. The highest BCUT2D eigenvalue weighted by molar-refractivity contribution is 5.78. The van der Waals surface area contributed by atoms with E-state index in [4.69, 9.17) is 4.74 Å². The van der Waals surface area contributed by atoms with Gasteiger partial charge in [-0.1, -0.05) is 48.4 Å². The third kappa shape index (κ3) is 7.01. The zero-order valence-electron chi connectivity index (χ0n) is 21.7. The lowest BCUT2D eigenvalue weighted by molar-refractivity contribution is -0.139. The Morgan fingerprint density at radius 3 is 2.50 bits per heavy atom. The van der Waals surface area contributed by atoms with Crippen LogP contribution in [0.2, 0.25) is 0 Å². The topological polar surface area (TPSA) is 60.2 Å². The Hall–Kier alpha value is -3.64. The van der Waals surface area contributed by atoms with Crippen LogP contribution in [0, 0.1) is 17.8 Å². The van der Waals surface area contributed by atoms with Crippen molar-refractivity contribution < 1.29 is 22.7 Å². The number of benzene rings is 2. The monoisotopic (exact) mass is 524 g/mol. The molecule has 0 N–H and O–H groups in total. The van der Waals surface area contributed by atoms with Crippen molar-refractivity contribution in [2.45, 2.75) is 64.1 Å². The van der Waals surface area contributed by atoms with Crippen LogP contribution >= 0.6 is 0 Å². The van der Waals surface area contributed by atoms with E-state index in [1.807, 2.05) is 51.2 Å². The number of nitrogens with zero attached hydrogens (tertiary/aromatic N) is 4. The number of ether oxygens (including phenoxy) is 1. The number of alkyl halides is 3. The lowest BCUT2D eigenvalue weighted by Gasteiger charge is -2.26. The molecule has 38 heavy (non-hydrogen) atoms. The summed E-state index contributed by atoms with van der Waals surface area (Å²) in [5, 5.41) is 8.23. The normalized spacial score (nSPS) is 18.9. The standard InChI is InChI=1S/C29H31F3N4O2/c1-20(36-19-25(33-34-36)14-11-22-9-12-24(13-10-22)29(30,31)32)17-26-15-16-27(38-26)21(2)28(37)35(3)18-23-7-5-4-6-8-23/h4-10,12-13,19-21,26-27H,15-18H2,1-3H3/t20-,21-,26+,27-/m1/s1. The first kappa shape index (κ1) is 27.4. The molecule has 4 atom stereocenters. The Bertz CT molecular complexity index is 1280. The van der Waals surface area contributed by atoms with Crippen molar-refractivity contribution in [3.05, 3.63) is 83.2 Å². The minimum Gasteiger partial charge on any atom is -0.374 e. The van der Waals surface area contributed by atoms with Gasteiger partial charge in [-0.05, 0) is 61.9 Å². The Balaban J connectivity index is 1.28. The minimum absolute atomic E-state index is 0.000342. The third-order valence-corrected chi connectivity index (χ3v) is 6.84. The predicted octanol–water partition coefficient (Wildman–Crippen LogP) is 5.49. The molecule has 0 unspecified atom stereocenters. The fraction of sp³-hybridized carbons (Fsp3) is 0.414. The molecule has 1 aliphatic heterocycles. The van der Waals surface area contributed by atoms with Gasteiger partial charge in [-0.25, -0.2) is 4.68 Å². The summed E-state index contributed by atoms with van der Waals surface area (Å²) in [4.78, 5) is 14.7. The summed E-state index contributed by atoms with van der Waals surface area (Å²) in [6.07, 6.45) is -0.366. The molecule has 2 aromatic carbocycles. The van der Waals surface area contributed by atoms with Gasteiger partial charge in [-0.3, -0.25) is 4.79 Å². The summed E-state index contributed by atoms with van der Waals surface area (Å²) in [5.74, 6) is 5.51. The molecule has 1 amide bonds. The summed E-state index contributed by atoms with van der Waals surface area (Å²) < 4.78 is 46.1. The van der Waals surface area contributed by atoms with Crippen LogP contribution < -0.4 is 0 Å². The van der Waals surface area contributed by atoms with E-state index in [-0.39, 0.29) is 30.1 Å². The van der Waals surface area contributed by atoms with Gasteiger partial charge >= 0.3 is 6.18 Å². The van der Waals surface area contributed by atoms with E-state index in [1.54, 1.807) is 15.8 Å². The highest BCUT2D eigenvalue weighted by Crippen LogP contribution is 2.31. The molecule has 0 radical (unpaired) electrons. The van der Waals surface area contributed by atoms with E-state index in [1.165, 1.54) is 12.1 Å². The molecule has 200 valence electrons. The maximum atomic E-state index is 13.0. The second-order valence-corrected chi connectivity index (χ2v) is 9.84. The Labute approximate surface area is 220 Å². The van der Waals surface area contributed by atoms with E-state index in [0.717, 1.165) is 30.5 Å². The fourth-order valence-corrected chi connectivity index (χ4v) is 4.63. The van der Waals surface area contributed by atoms with E-state index >= 15 is 0 Å². The lowest BCUT2D eigenvalue weighted by atomic mass is 9.99. The second kappa shape index (κ2) is 11.8. The Morgan fingerprint density at radius 1 is 1.11 bits per heavy atom. The molecule has 1 saturated heterocycles. The second-order valence-electron chi connectivity index (χ2n) is 9.84.